The van der Waals surface area contributed by atoms with Crippen LogP contribution in [0.25, 0.3) is 0 Å². The topological polar surface area (TPSA) is 80.5 Å². The predicted molar refractivity (Wildman–Crippen MR) is 95.3 cm³/mol. The number of morpholine rings is 1. The summed E-state index contributed by atoms with van der Waals surface area (Å²) in [6.07, 6.45) is 1.13. The third-order valence-electron chi connectivity index (χ3n) is 4.41. The van der Waals surface area contributed by atoms with Crippen molar-refractivity contribution in [1.82, 2.24) is 20.4 Å². The van der Waals surface area contributed by atoms with Crippen LogP contribution in [0.5, 0.6) is 0 Å². The monoisotopic (exact) mass is 372 g/mol. The zero-order valence-corrected chi connectivity index (χ0v) is 15.6. The SMILES string of the molecule is Cc1nc(CSCC(=O)NCC2(N3CCOCC3)CCSC2)no1. The van der Waals surface area contributed by atoms with Gasteiger partial charge in [-0.15, -0.1) is 11.8 Å². The minimum Gasteiger partial charge on any atom is -0.379 e. The quantitative estimate of drug-likeness (QED) is 0.757. The molecule has 1 aromatic rings. The third kappa shape index (κ3) is 4.65. The normalized spacial score (nSPS) is 25.0. The molecular formula is C15H24N4O3S2. The molecule has 7 nitrogen and oxygen atoms in total. The largest absolute Gasteiger partial charge is 0.379 e. The van der Waals surface area contributed by atoms with E-state index < -0.39 is 0 Å². The highest BCUT2D eigenvalue weighted by Crippen LogP contribution is 2.33. The minimum absolute atomic E-state index is 0.0738. The number of aromatic nitrogens is 2. The van der Waals surface area contributed by atoms with E-state index in [9.17, 15) is 4.79 Å². The second-order valence-corrected chi connectivity index (χ2v) is 8.22. The molecule has 1 amide bonds. The Bertz CT molecular complexity index is 543. The van der Waals surface area contributed by atoms with E-state index >= 15 is 0 Å². The summed E-state index contributed by atoms with van der Waals surface area (Å²) >= 11 is 3.49. The molecule has 9 heteroatoms. The van der Waals surface area contributed by atoms with Gasteiger partial charge in [0, 0.05) is 37.8 Å². The highest BCUT2D eigenvalue weighted by molar-refractivity contribution is 7.99. The fraction of sp³-hybridized carbons (Fsp3) is 0.800. The molecule has 24 heavy (non-hydrogen) atoms. The van der Waals surface area contributed by atoms with E-state index in [0.717, 1.165) is 45.0 Å². The highest BCUT2D eigenvalue weighted by atomic mass is 32.2. The second-order valence-electron chi connectivity index (χ2n) is 6.13. The van der Waals surface area contributed by atoms with Crippen molar-refractivity contribution in [3.8, 4) is 0 Å². The van der Waals surface area contributed by atoms with Crippen molar-refractivity contribution in [2.45, 2.75) is 24.6 Å². The molecule has 0 radical (unpaired) electrons. The summed E-state index contributed by atoms with van der Waals surface area (Å²) in [5.41, 5.74) is 0.0968. The molecule has 1 aromatic heterocycles. The molecule has 0 saturated carbocycles. The average Bonchev–Trinajstić information content (AvgIpc) is 3.24. The summed E-state index contributed by atoms with van der Waals surface area (Å²) in [4.78, 5) is 18.8. The Balaban J connectivity index is 1.43. The van der Waals surface area contributed by atoms with Crippen LogP contribution in [-0.4, -0.2) is 76.6 Å². The summed E-state index contributed by atoms with van der Waals surface area (Å²) in [6.45, 7) is 5.99. The number of amides is 1. The van der Waals surface area contributed by atoms with E-state index in [1.165, 1.54) is 17.5 Å². The van der Waals surface area contributed by atoms with Gasteiger partial charge in [-0.1, -0.05) is 5.16 Å². The van der Waals surface area contributed by atoms with Gasteiger partial charge in [-0.3, -0.25) is 9.69 Å². The van der Waals surface area contributed by atoms with Gasteiger partial charge in [-0.05, 0) is 12.2 Å². The summed E-state index contributed by atoms with van der Waals surface area (Å²) in [5.74, 6) is 4.53. The van der Waals surface area contributed by atoms with Crippen molar-refractivity contribution in [3.05, 3.63) is 11.7 Å². The van der Waals surface area contributed by atoms with Gasteiger partial charge in [-0.2, -0.15) is 16.7 Å². The summed E-state index contributed by atoms with van der Waals surface area (Å²) < 4.78 is 10.4. The second kappa shape index (κ2) is 8.55. The number of carbonyl (C=O) groups is 1. The Morgan fingerprint density at radius 3 is 2.96 bits per heavy atom. The van der Waals surface area contributed by atoms with Crippen LogP contribution in [0.3, 0.4) is 0 Å². The number of thioether (sulfide) groups is 2. The van der Waals surface area contributed by atoms with Crippen molar-refractivity contribution < 1.29 is 14.1 Å². The number of nitrogens with zero attached hydrogens (tertiary/aromatic N) is 3. The average molecular weight is 373 g/mol. The maximum Gasteiger partial charge on any atom is 0.230 e. The van der Waals surface area contributed by atoms with Crippen molar-refractivity contribution >= 4 is 29.4 Å². The van der Waals surface area contributed by atoms with Gasteiger partial charge in [0.05, 0.1) is 24.7 Å². The van der Waals surface area contributed by atoms with Crippen molar-refractivity contribution in [1.29, 1.82) is 0 Å². The zero-order valence-electron chi connectivity index (χ0n) is 14.0. The Morgan fingerprint density at radius 2 is 2.29 bits per heavy atom. The molecule has 134 valence electrons. The molecule has 1 unspecified atom stereocenters. The van der Waals surface area contributed by atoms with Crippen LogP contribution in [0, 0.1) is 6.92 Å². The predicted octanol–water partition coefficient (Wildman–Crippen LogP) is 0.935. The summed E-state index contributed by atoms with van der Waals surface area (Å²) in [6, 6.07) is 0. The lowest BCUT2D eigenvalue weighted by molar-refractivity contribution is -0.119. The van der Waals surface area contributed by atoms with E-state index in [1.54, 1.807) is 6.92 Å². The maximum absolute atomic E-state index is 12.2. The van der Waals surface area contributed by atoms with Crippen LogP contribution in [-0.2, 0) is 15.3 Å². The van der Waals surface area contributed by atoms with Crippen LogP contribution >= 0.6 is 23.5 Å². The molecule has 3 heterocycles. The first-order valence-electron chi connectivity index (χ1n) is 8.22. The number of hydrogen-bond acceptors (Lipinski definition) is 8. The van der Waals surface area contributed by atoms with Gasteiger partial charge in [0.15, 0.2) is 5.82 Å². The Morgan fingerprint density at radius 1 is 1.46 bits per heavy atom. The van der Waals surface area contributed by atoms with Crippen molar-refractivity contribution in [2.24, 2.45) is 0 Å². The number of hydrogen-bond donors (Lipinski definition) is 1. The minimum atomic E-state index is 0.0738. The van der Waals surface area contributed by atoms with Gasteiger partial charge >= 0.3 is 0 Å². The van der Waals surface area contributed by atoms with Crippen LogP contribution in [0.2, 0.25) is 0 Å². The Kier molecular flexibility index (Phi) is 6.43. The van der Waals surface area contributed by atoms with Crippen molar-refractivity contribution in [2.75, 3.05) is 50.1 Å². The van der Waals surface area contributed by atoms with E-state index in [0.29, 0.717) is 23.2 Å². The van der Waals surface area contributed by atoms with Gasteiger partial charge in [0.1, 0.15) is 0 Å². The van der Waals surface area contributed by atoms with E-state index in [4.69, 9.17) is 9.26 Å². The third-order valence-corrected chi connectivity index (χ3v) is 6.58. The molecule has 2 saturated heterocycles. The molecule has 1 N–H and O–H groups in total. The smallest absolute Gasteiger partial charge is 0.230 e. The zero-order chi connectivity index (χ0) is 16.8. The van der Waals surface area contributed by atoms with Crippen molar-refractivity contribution in [3.63, 3.8) is 0 Å². The lowest BCUT2D eigenvalue weighted by Gasteiger charge is -2.43. The molecule has 2 aliphatic heterocycles. The number of rotatable bonds is 7. The van der Waals surface area contributed by atoms with E-state index in [1.807, 2.05) is 11.8 Å². The first-order valence-corrected chi connectivity index (χ1v) is 10.5. The van der Waals surface area contributed by atoms with E-state index in [2.05, 4.69) is 20.4 Å². The lowest BCUT2D eigenvalue weighted by Crippen LogP contribution is -2.59. The molecular weight excluding hydrogens is 348 g/mol. The molecule has 2 aliphatic rings. The molecule has 2 fully saturated rings. The number of aryl methyl sites for hydroxylation is 1. The van der Waals surface area contributed by atoms with E-state index in [-0.39, 0.29) is 11.4 Å². The number of ether oxygens (including phenoxy) is 1. The number of nitrogens with one attached hydrogen (secondary N) is 1. The molecule has 0 aromatic carbocycles. The first kappa shape index (κ1) is 18.0. The van der Waals surface area contributed by atoms with Gasteiger partial charge in [0.2, 0.25) is 11.8 Å². The fourth-order valence-corrected chi connectivity index (χ4v) is 5.25. The maximum atomic E-state index is 12.2. The molecule has 3 rings (SSSR count). The molecule has 0 aliphatic carbocycles. The van der Waals surface area contributed by atoms with Gasteiger partial charge in [0.25, 0.3) is 0 Å². The highest BCUT2D eigenvalue weighted by Gasteiger charge is 2.40. The summed E-state index contributed by atoms with van der Waals surface area (Å²) in [5, 5.41) is 6.97. The fourth-order valence-electron chi connectivity index (χ4n) is 3.08. The molecule has 0 spiro atoms. The van der Waals surface area contributed by atoms with Crippen LogP contribution in [0.4, 0.5) is 0 Å². The Hall–Kier alpha value is -0.770. The number of carbonyl (C=O) groups excluding carboxylic acids is 1. The summed E-state index contributed by atoms with van der Waals surface area (Å²) in [7, 11) is 0. The van der Waals surface area contributed by atoms with Crippen LogP contribution < -0.4 is 5.32 Å². The molecule has 1 atom stereocenters. The Labute approximate surface area is 150 Å². The van der Waals surface area contributed by atoms with Crippen LogP contribution in [0.1, 0.15) is 18.1 Å². The lowest BCUT2D eigenvalue weighted by atomic mass is 9.95. The van der Waals surface area contributed by atoms with Gasteiger partial charge in [-0.25, -0.2) is 0 Å². The van der Waals surface area contributed by atoms with Crippen LogP contribution in [0.15, 0.2) is 4.52 Å². The standard InChI is InChI=1S/C15H24N4O3S2/c1-12-17-13(18-22-12)8-24-9-14(20)16-10-15(2-7-23-11-15)19-3-5-21-6-4-19/h2-11H2,1H3,(H,16,20). The first-order chi connectivity index (χ1) is 11.7. The molecule has 0 bridgehead atoms. The van der Waals surface area contributed by atoms with Gasteiger partial charge < -0.3 is 14.6 Å².